The van der Waals surface area contributed by atoms with E-state index >= 15 is 0 Å². The summed E-state index contributed by atoms with van der Waals surface area (Å²) >= 11 is 0. The molecule has 2 aromatic rings. The highest BCUT2D eigenvalue weighted by Gasteiger charge is 2.21. The number of amides is 1. The molecular weight excluding hydrogens is 332 g/mol. The summed E-state index contributed by atoms with van der Waals surface area (Å²) in [5.41, 5.74) is 1.27. The van der Waals surface area contributed by atoms with Crippen molar-refractivity contribution in [3.63, 3.8) is 0 Å². The van der Waals surface area contributed by atoms with Crippen LogP contribution in [0.15, 0.2) is 48.7 Å². The van der Waals surface area contributed by atoms with Gasteiger partial charge in [0.05, 0.1) is 19.2 Å². The van der Waals surface area contributed by atoms with Crippen molar-refractivity contribution in [3.05, 3.63) is 54.2 Å². The highest BCUT2D eigenvalue weighted by Crippen LogP contribution is 2.13. The molecule has 1 amide bonds. The maximum absolute atomic E-state index is 12.4. The first-order chi connectivity index (χ1) is 12.7. The highest BCUT2D eigenvalue weighted by atomic mass is 16.5. The van der Waals surface area contributed by atoms with Crippen LogP contribution in [0.2, 0.25) is 0 Å². The van der Waals surface area contributed by atoms with Gasteiger partial charge >= 0.3 is 5.97 Å². The summed E-state index contributed by atoms with van der Waals surface area (Å²) in [6.45, 7) is 3.13. The predicted molar refractivity (Wildman–Crippen MR) is 99.3 cm³/mol. The summed E-state index contributed by atoms with van der Waals surface area (Å²) in [7, 11) is 1.35. The number of hydrogen-bond donors (Lipinski definition) is 1. The van der Waals surface area contributed by atoms with Crippen molar-refractivity contribution in [1.29, 1.82) is 0 Å². The summed E-state index contributed by atoms with van der Waals surface area (Å²) in [6.07, 6.45) is 1.78. The van der Waals surface area contributed by atoms with Gasteiger partial charge in [-0.15, -0.1) is 0 Å². The highest BCUT2D eigenvalue weighted by molar-refractivity contribution is 5.89. The van der Waals surface area contributed by atoms with Crippen molar-refractivity contribution in [2.75, 3.05) is 50.1 Å². The second kappa shape index (κ2) is 8.33. The zero-order chi connectivity index (χ0) is 18.4. The lowest BCUT2D eigenvalue weighted by molar-refractivity contribution is -0.129. The van der Waals surface area contributed by atoms with Crippen molar-refractivity contribution < 1.29 is 14.3 Å². The van der Waals surface area contributed by atoms with Crippen LogP contribution in [0.4, 0.5) is 11.5 Å². The average Bonchev–Trinajstić information content (AvgIpc) is 2.72. The van der Waals surface area contributed by atoms with E-state index in [0.717, 1.165) is 24.6 Å². The largest absolute Gasteiger partial charge is 0.465 e. The number of carbonyl (C=O) groups excluding carboxylic acids is 2. The Hall–Kier alpha value is -3.09. The van der Waals surface area contributed by atoms with Gasteiger partial charge in [0.15, 0.2) is 0 Å². The lowest BCUT2D eigenvalue weighted by atomic mass is 10.2. The van der Waals surface area contributed by atoms with E-state index in [0.29, 0.717) is 18.7 Å². The topological polar surface area (TPSA) is 74.8 Å². The Morgan fingerprint density at radius 2 is 1.81 bits per heavy atom. The van der Waals surface area contributed by atoms with Crippen LogP contribution in [0.25, 0.3) is 0 Å². The van der Waals surface area contributed by atoms with Crippen molar-refractivity contribution in [3.8, 4) is 0 Å². The van der Waals surface area contributed by atoms with Crippen LogP contribution in [-0.2, 0) is 9.53 Å². The van der Waals surface area contributed by atoms with Gasteiger partial charge in [-0.2, -0.15) is 0 Å². The van der Waals surface area contributed by atoms with Crippen LogP contribution in [0.3, 0.4) is 0 Å². The Bertz CT molecular complexity index is 741. The second-order valence-corrected chi connectivity index (χ2v) is 5.98. The first-order valence-corrected chi connectivity index (χ1v) is 8.53. The number of anilines is 2. The van der Waals surface area contributed by atoms with E-state index < -0.39 is 0 Å². The van der Waals surface area contributed by atoms with Crippen LogP contribution in [-0.4, -0.2) is 61.6 Å². The number of aromatic nitrogens is 1. The normalized spacial score (nSPS) is 14.0. The van der Waals surface area contributed by atoms with Gasteiger partial charge in [0.25, 0.3) is 0 Å². The van der Waals surface area contributed by atoms with Crippen molar-refractivity contribution in [1.82, 2.24) is 9.88 Å². The molecule has 1 N–H and O–H groups in total. The molecule has 2 heterocycles. The molecular formula is C19H22N4O3. The van der Waals surface area contributed by atoms with Gasteiger partial charge < -0.3 is 19.9 Å². The van der Waals surface area contributed by atoms with E-state index in [1.807, 2.05) is 23.1 Å². The fourth-order valence-corrected chi connectivity index (χ4v) is 2.86. The summed E-state index contributed by atoms with van der Waals surface area (Å²) in [6, 6.07) is 12.7. The minimum Gasteiger partial charge on any atom is -0.465 e. The molecule has 0 radical (unpaired) electrons. The number of ether oxygens (including phenoxy) is 1. The van der Waals surface area contributed by atoms with E-state index in [2.05, 4.69) is 19.9 Å². The molecule has 0 spiro atoms. The molecule has 1 aromatic carbocycles. The number of pyridine rings is 1. The van der Waals surface area contributed by atoms with E-state index in [4.69, 9.17) is 0 Å². The average molecular weight is 354 g/mol. The number of carbonyl (C=O) groups is 2. The number of nitrogens with one attached hydrogen (secondary N) is 1. The lowest BCUT2D eigenvalue weighted by Gasteiger charge is -2.35. The van der Waals surface area contributed by atoms with E-state index in [9.17, 15) is 9.59 Å². The van der Waals surface area contributed by atoms with E-state index in [1.54, 1.807) is 30.5 Å². The van der Waals surface area contributed by atoms with Crippen LogP contribution in [0.1, 0.15) is 10.4 Å². The molecule has 0 unspecified atom stereocenters. The molecule has 1 aliphatic rings. The fourth-order valence-electron chi connectivity index (χ4n) is 2.86. The predicted octanol–water partition coefficient (Wildman–Crippen LogP) is 1.63. The molecule has 26 heavy (non-hydrogen) atoms. The van der Waals surface area contributed by atoms with Gasteiger partial charge in [-0.1, -0.05) is 6.07 Å². The van der Waals surface area contributed by atoms with E-state index in [-0.39, 0.29) is 18.4 Å². The molecule has 3 rings (SSSR count). The summed E-state index contributed by atoms with van der Waals surface area (Å²) < 4.78 is 4.67. The third kappa shape index (κ3) is 4.30. The third-order valence-corrected chi connectivity index (χ3v) is 4.36. The Kier molecular flexibility index (Phi) is 5.68. The number of esters is 1. The van der Waals surface area contributed by atoms with Crippen LogP contribution in [0.5, 0.6) is 0 Å². The monoisotopic (exact) mass is 354 g/mol. The molecule has 0 bridgehead atoms. The van der Waals surface area contributed by atoms with Gasteiger partial charge in [0.2, 0.25) is 5.91 Å². The molecule has 0 aliphatic carbocycles. The molecule has 1 fully saturated rings. The molecule has 7 heteroatoms. The smallest absolute Gasteiger partial charge is 0.337 e. The Morgan fingerprint density at radius 1 is 1.08 bits per heavy atom. The minimum atomic E-state index is -0.376. The Morgan fingerprint density at radius 3 is 2.42 bits per heavy atom. The third-order valence-electron chi connectivity index (χ3n) is 4.36. The molecule has 136 valence electrons. The van der Waals surface area contributed by atoms with Crippen LogP contribution in [0, 0.1) is 0 Å². The maximum Gasteiger partial charge on any atom is 0.337 e. The van der Waals surface area contributed by atoms with Gasteiger partial charge in [-0.3, -0.25) is 4.79 Å². The molecule has 1 aromatic heterocycles. The van der Waals surface area contributed by atoms with Crippen molar-refractivity contribution in [2.24, 2.45) is 0 Å². The Balaban J connectivity index is 1.46. The number of rotatable bonds is 5. The molecule has 1 aliphatic heterocycles. The molecule has 0 saturated carbocycles. The zero-order valence-corrected chi connectivity index (χ0v) is 14.7. The number of nitrogens with zero attached hydrogens (tertiary/aromatic N) is 3. The van der Waals surface area contributed by atoms with Crippen molar-refractivity contribution >= 4 is 23.4 Å². The number of methoxy groups -OCH3 is 1. The Labute approximate surface area is 152 Å². The SMILES string of the molecule is COC(=O)c1ccc(NCC(=O)N2CCN(c3ccccn3)CC2)cc1. The van der Waals surface area contributed by atoms with Crippen molar-refractivity contribution in [2.45, 2.75) is 0 Å². The maximum atomic E-state index is 12.4. The number of hydrogen-bond acceptors (Lipinski definition) is 6. The first-order valence-electron chi connectivity index (χ1n) is 8.53. The number of piperazine rings is 1. The fraction of sp³-hybridized carbons (Fsp3) is 0.316. The first kappa shape index (κ1) is 17.7. The van der Waals surface area contributed by atoms with Gasteiger partial charge in [-0.05, 0) is 36.4 Å². The van der Waals surface area contributed by atoms with Crippen LogP contribution >= 0.6 is 0 Å². The minimum absolute atomic E-state index is 0.0581. The summed E-state index contributed by atoms with van der Waals surface area (Å²) in [5, 5.41) is 3.10. The molecule has 0 atom stereocenters. The van der Waals surface area contributed by atoms with Gasteiger partial charge in [0, 0.05) is 38.1 Å². The molecule has 1 saturated heterocycles. The standard InChI is InChI=1S/C19H22N4O3/c1-26-19(25)15-5-7-16(8-6-15)21-14-18(24)23-12-10-22(11-13-23)17-4-2-3-9-20-17/h2-9,21H,10-14H2,1H3. The quantitative estimate of drug-likeness (QED) is 0.823. The van der Waals surface area contributed by atoms with Crippen LogP contribution < -0.4 is 10.2 Å². The second-order valence-electron chi connectivity index (χ2n) is 5.98. The van der Waals surface area contributed by atoms with E-state index in [1.165, 1.54) is 7.11 Å². The van der Waals surface area contributed by atoms with Gasteiger partial charge in [-0.25, -0.2) is 9.78 Å². The number of benzene rings is 1. The lowest BCUT2D eigenvalue weighted by Crippen LogP contribution is -2.50. The van der Waals surface area contributed by atoms with Gasteiger partial charge in [0.1, 0.15) is 5.82 Å². The summed E-state index contributed by atoms with van der Waals surface area (Å²) in [4.78, 5) is 32.2. The zero-order valence-electron chi connectivity index (χ0n) is 14.7. The summed E-state index contributed by atoms with van der Waals surface area (Å²) in [5.74, 6) is 0.629. The molecule has 7 nitrogen and oxygen atoms in total.